The molecule has 0 aliphatic rings. The maximum absolute atomic E-state index is 10.8. The van der Waals surface area contributed by atoms with Gasteiger partial charge in [0.25, 0.3) is 0 Å². The minimum atomic E-state index is 0.591. The van der Waals surface area contributed by atoms with Crippen molar-refractivity contribution in [2.75, 3.05) is 0 Å². The Morgan fingerprint density at radius 3 is 2.87 bits per heavy atom. The highest BCUT2D eigenvalue weighted by Crippen LogP contribution is 2.14. The summed E-state index contributed by atoms with van der Waals surface area (Å²) in [6.45, 7) is 5.39. The van der Waals surface area contributed by atoms with E-state index in [0.29, 0.717) is 5.57 Å². The van der Waals surface area contributed by atoms with Gasteiger partial charge >= 0.3 is 0 Å². The number of carbonyl (C=O) groups excluding carboxylic acids is 1. The van der Waals surface area contributed by atoms with Crippen LogP contribution < -0.4 is 0 Å². The Balaban J connectivity index is 3.11. The molecule has 0 unspecified atom stereocenters. The van der Waals surface area contributed by atoms with Crippen molar-refractivity contribution >= 4 is 11.9 Å². The Morgan fingerprint density at radius 1 is 1.53 bits per heavy atom. The number of allylic oxidation sites excluding steroid dienone is 5. The molecule has 0 bridgehead atoms. The quantitative estimate of drug-likeness (QED) is 0.425. The summed E-state index contributed by atoms with van der Waals surface area (Å²) in [7, 11) is 0. The van der Waals surface area contributed by atoms with Gasteiger partial charge in [-0.15, -0.1) is 0 Å². The lowest BCUT2D eigenvalue weighted by molar-refractivity contribution is -0.104. The van der Waals surface area contributed by atoms with Gasteiger partial charge in [-0.25, -0.2) is 9.97 Å². The molecule has 1 rings (SSSR count). The maximum atomic E-state index is 10.8. The van der Waals surface area contributed by atoms with Crippen LogP contribution in [0.4, 0.5) is 0 Å². The lowest BCUT2D eigenvalue weighted by Crippen LogP contribution is -1.91. The highest BCUT2D eigenvalue weighted by molar-refractivity contribution is 5.90. The van der Waals surface area contributed by atoms with Crippen LogP contribution in [0.3, 0.4) is 0 Å². The van der Waals surface area contributed by atoms with Gasteiger partial charge in [-0.3, -0.25) is 4.79 Å². The van der Waals surface area contributed by atoms with Crippen LogP contribution in [0.2, 0.25) is 0 Å². The number of hydrogen-bond donors (Lipinski definition) is 0. The zero-order valence-electron chi connectivity index (χ0n) is 8.55. The van der Waals surface area contributed by atoms with Crippen molar-refractivity contribution in [3.63, 3.8) is 0 Å². The summed E-state index contributed by atoms with van der Waals surface area (Å²) >= 11 is 0. The van der Waals surface area contributed by atoms with Gasteiger partial charge in [0, 0.05) is 11.8 Å². The SMILES string of the molecule is C=C/C=C\C(C=O)=C(/C)c1ccncn1. The van der Waals surface area contributed by atoms with Gasteiger partial charge in [-0.2, -0.15) is 0 Å². The monoisotopic (exact) mass is 200 g/mol. The summed E-state index contributed by atoms with van der Waals surface area (Å²) in [5.74, 6) is 0. The molecular weight excluding hydrogens is 188 g/mol. The van der Waals surface area contributed by atoms with Crippen molar-refractivity contribution < 1.29 is 4.79 Å². The second kappa shape index (κ2) is 5.65. The number of nitrogens with zero attached hydrogens (tertiary/aromatic N) is 2. The Labute approximate surface area is 88.9 Å². The lowest BCUT2D eigenvalue weighted by Gasteiger charge is -2.01. The first-order chi connectivity index (χ1) is 7.29. The zero-order valence-corrected chi connectivity index (χ0v) is 8.55. The van der Waals surface area contributed by atoms with Crippen molar-refractivity contribution in [3.8, 4) is 0 Å². The van der Waals surface area contributed by atoms with E-state index in [1.807, 2.05) is 6.92 Å². The lowest BCUT2D eigenvalue weighted by atomic mass is 10.1. The van der Waals surface area contributed by atoms with Gasteiger partial charge in [0.2, 0.25) is 0 Å². The van der Waals surface area contributed by atoms with Crippen molar-refractivity contribution in [1.29, 1.82) is 0 Å². The minimum absolute atomic E-state index is 0.591. The fourth-order valence-electron chi connectivity index (χ4n) is 1.08. The molecule has 15 heavy (non-hydrogen) atoms. The van der Waals surface area contributed by atoms with Crippen LogP contribution in [0.15, 0.2) is 49.0 Å². The molecule has 0 aliphatic heterocycles. The number of hydrogen-bond acceptors (Lipinski definition) is 3. The number of aromatic nitrogens is 2. The van der Waals surface area contributed by atoms with Crippen LogP contribution in [0, 0.1) is 0 Å². The Bertz CT molecular complexity index is 405. The van der Waals surface area contributed by atoms with Crippen LogP contribution >= 0.6 is 0 Å². The average molecular weight is 200 g/mol. The van der Waals surface area contributed by atoms with Gasteiger partial charge in [0.05, 0.1) is 5.69 Å². The second-order valence-corrected chi connectivity index (χ2v) is 2.89. The normalized spacial score (nSPS) is 12.3. The molecule has 1 aromatic heterocycles. The van der Waals surface area contributed by atoms with Gasteiger partial charge in [0.15, 0.2) is 0 Å². The van der Waals surface area contributed by atoms with E-state index in [4.69, 9.17) is 0 Å². The molecule has 0 amide bonds. The van der Waals surface area contributed by atoms with Crippen molar-refractivity contribution in [2.45, 2.75) is 6.92 Å². The number of rotatable bonds is 4. The molecule has 0 fully saturated rings. The molecule has 0 atom stereocenters. The predicted octanol–water partition coefficient (Wildman–Crippen LogP) is 2.19. The fourth-order valence-corrected chi connectivity index (χ4v) is 1.08. The molecule has 0 saturated carbocycles. The molecule has 0 spiro atoms. The van der Waals surface area contributed by atoms with E-state index in [2.05, 4.69) is 16.5 Å². The van der Waals surface area contributed by atoms with Crippen LogP contribution in [0.5, 0.6) is 0 Å². The summed E-state index contributed by atoms with van der Waals surface area (Å²) in [6.07, 6.45) is 8.95. The first-order valence-corrected chi connectivity index (χ1v) is 4.51. The van der Waals surface area contributed by atoms with E-state index in [0.717, 1.165) is 17.6 Å². The number of aldehydes is 1. The molecule has 0 N–H and O–H groups in total. The Kier molecular flexibility index (Phi) is 4.16. The third kappa shape index (κ3) is 2.98. The van der Waals surface area contributed by atoms with Crippen molar-refractivity contribution in [3.05, 3.63) is 54.7 Å². The van der Waals surface area contributed by atoms with Crippen molar-refractivity contribution in [1.82, 2.24) is 9.97 Å². The molecular formula is C12H12N2O. The highest BCUT2D eigenvalue weighted by atomic mass is 16.1. The summed E-state index contributed by atoms with van der Waals surface area (Å²) in [6, 6.07) is 1.76. The Hall–Kier alpha value is -2.03. The van der Waals surface area contributed by atoms with Crippen LogP contribution in [0.1, 0.15) is 12.6 Å². The smallest absolute Gasteiger partial charge is 0.150 e. The first kappa shape index (κ1) is 11.0. The third-order valence-electron chi connectivity index (χ3n) is 1.94. The summed E-state index contributed by atoms with van der Waals surface area (Å²) < 4.78 is 0. The molecule has 0 radical (unpaired) electrons. The molecule has 3 nitrogen and oxygen atoms in total. The minimum Gasteiger partial charge on any atom is -0.298 e. The Morgan fingerprint density at radius 2 is 2.33 bits per heavy atom. The average Bonchev–Trinajstić information content (AvgIpc) is 2.31. The highest BCUT2D eigenvalue weighted by Gasteiger charge is 2.01. The molecule has 76 valence electrons. The van der Waals surface area contributed by atoms with Crippen LogP contribution in [-0.4, -0.2) is 16.3 Å². The summed E-state index contributed by atoms with van der Waals surface area (Å²) in [5, 5.41) is 0. The summed E-state index contributed by atoms with van der Waals surface area (Å²) in [5.41, 5.74) is 2.17. The summed E-state index contributed by atoms with van der Waals surface area (Å²) in [4.78, 5) is 18.7. The predicted molar refractivity (Wildman–Crippen MR) is 60.0 cm³/mol. The van der Waals surface area contributed by atoms with E-state index < -0.39 is 0 Å². The zero-order chi connectivity index (χ0) is 11.1. The van der Waals surface area contributed by atoms with Crippen LogP contribution in [0.25, 0.3) is 5.57 Å². The standard InChI is InChI=1S/C12H12N2O/c1-3-4-5-11(8-15)10(2)12-6-7-13-9-14-12/h3-9H,1H2,2H3/b5-4-,11-10-. The first-order valence-electron chi connectivity index (χ1n) is 4.51. The molecule has 1 aromatic rings. The van der Waals surface area contributed by atoms with Gasteiger partial charge < -0.3 is 0 Å². The molecule has 1 heterocycles. The second-order valence-electron chi connectivity index (χ2n) is 2.89. The van der Waals surface area contributed by atoms with E-state index in [-0.39, 0.29) is 0 Å². The van der Waals surface area contributed by atoms with E-state index in [9.17, 15) is 4.79 Å². The van der Waals surface area contributed by atoms with E-state index >= 15 is 0 Å². The van der Waals surface area contributed by atoms with Gasteiger partial charge in [-0.1, -0.05) is 24.8 Å². The maximum Gasteiger partial charge on any atom is 0.150 e. The van der Waals surface area contributed by atoms with Gasteiger partial charge in [0.1, 0.15) is 12.6 Å². The topological polar surface area (TPSA) is 42.9 Å². The van der Waals surface area contributed by atoms with Crippen LogP contribution in [-0.2, 0) is 4.79 Å². The molecule has 0 saturated heterocycles. The molecule has 0 aliphatic carbocycles. The fraction of sp³-hybridized carbons (Fsp3) is 0.0833. The largest absolute Gasteiger partial charge is 0.298 e. The van der Waals surface area contributed by atoms with E-state index in [1.54, 1.807) is 30.5 Å². The van der Waals surface area contributed by atoms with E-state index in [1.165, 1.54) is 6.33 Å². The van der Waals surface area contributed by atoms with Gasteiger partial charge in [-0.05, 0) is 18.6 Å². The van der Waals surface area contributed by atoms with Crippen molar-refractivity contribution in [2.24, 2.45) is 0 Å². The molecule has 0 aromatic carbocycles. The molecule has 3 heteroatoms. The number of carbonyl (C=O) groups is 1. The third-order valence-corrected chi connectivity index (χ3v) is 1.94.